The van der Waals surface area contributed by atoms with Gasteiger partial charge in [-0.05, 0) is 19.3 Å². The number of carbonyl (C=O) groups is 1. The van der Waals surface area contributed by atoms with E-state index in [-0.39, 0.29) is 5.91 Å². The minimum absolute atomic E-state index is 0.0168. The second-order valence-corrected chi connectivity index (χ2v) is 5.12. The fraction of sp³-hybridized carbons (Fsp3) is 0.917. The van der Waals surface area contributed by atoms with Crippen LogP contribution in [0.25, 0.3) is 0 Å². The van der Waals surface area contributed by atoms with Gasteiger partial charge in [0.2, 0.25) is 5.91 Å². The van der Waals surface area contributed by atoms with E-state index in [0.717, 1.165) is 12.8 Å². The Bertz CT molecular complexity index is 241. The molecule has 0 aromatic carbocycles. The number of ether oxygens (including phenoxy) is 1. The van der Waals surface area contributed by atoms with Gasteiger partial charge in [-0.3, -0.25) is 4.79 Å². The highest BCUT2D eigenvalue weighted by atomic mass is 16.5. The quantitative estimate of drug-likeness (QED) is 0.689. The zero-order valence-electron chi connectivity index (χ0n) is 9.84. The normalized spacial score (nSPS) is 32.3. The van der Waals surface area contributed by atoms with Crippen molar-refractivity contribution in [2.45, 2.75) is 56.5 Å². The Hall–Kier alpha value is -0.610. The van der Waals surface area contributed by atoms with Crippen LogP contribution < -0.4 is 11.1 Å². The maximum Gasteiger partial charge on any atom is 0.242 e. The summed E-state index contributed by atoms with van der Waals surface area (Å²) in [5, 5.41) is 3.10. The van der Waals surface area contributed by atoms with E-state index in [1.807, 2.05) is 0 Å². The van der Waals surface area contributed by atoms with Gasteiger partial charge in [0.15, 0.2) is 0 Å². The molecule has 2 rings (SSSR count). The molecule has 1 saturated carbocycles. The van der Waals surface area contributed by atoms with Gasteiger partial charge in [0.05, 0.1) is 6.61 Å². The maximum absolute atomic E-state index is 12.0. The van der Waals surface area contributed by atoms with Crippen LogP contribution in [0.4, 0.5) is 0 Å². The molecule has 0 aromatic heterocycles. The van der Waals surface area contributed by atoms with Crippen molar-refractivity contribution in [2.24, 2.45) is 5.73 Å². The molecule has 1 aliphatic carbocycles. The van der Waals surface area contributed by atoms with Gasteiger partial charge in [0.25, 0.3) is 0 Å². The van der Waals surface area contributed by atoms with Crippen molar-refractivity contribution in [1.29, 1.82) is 0 Å². The summed E-state index contributed by atoms with van der Waals surface area (Å²) in [4.78, 5) is 12.0. The molecule has 16 heavy (non-hydrogen) atoms. The van der Waals surface area contributed by atoms with Crippen molar-refractivity contribution in [1.82, 2.24) is 5.32 Å². The Morgan fingerprint density at radius 3 is 2.50 bits per heavy atom. The maximum atomic E-state index is 12.0. The smallest absolute Gasteiger partial charge is 0.242 e. The van der Waals surface area contributed by atoms with E-state index in [4.69, 9.17) is 10.5 Å². The van der Waals surface area contributed by atoms with E-state index in [1.165, 1.54) is 25.7 Å². The van der Waals surface area contributed by atoms with Crippen molar-refractivity contribution >= 4 is 5.91 Å². The molecule has 4 nitrogen and oxygen atoms in total. The predicted octanol–water partition coefficient (Wildman–Crippen LogP) is 0.943. The minimum atomic E-state index is -0.772. The Morgan fingerprint density at radius 2 is 1.94 bits per heavy atom. The SMILES string of the molecule is NC1(C(=O)NC2CCCCCC2)CCOC1. The molecule has 0 spiro atoms. The number of hydrogen-bond acceptors (Lipinski definition) is 3. The molecule has 1 aliphatic heterocycles. The highest BCUT2D eigenvalue weighted by molar-refractivity contribution is 5.86. The van der Waals surface area contributed by atoms with Crippen LogP contribution in [0.3, 0.4) is 0 Å². The molecule has 4 heteroatoms. The summed E-state index contributed by atoms with van der Waals surface area (Å²) in [5.74, 6) is -0.0168. The van der Waals surface area contributed by atoms with Gasteiger partial charge < -0.3 is 15.8 Å². The van der Waals surface area contributed by atoms with Crippen LogP contribution in [0.15, 0.2) is 0 Å². The number of amides is 1. The molecule has 1 heterocycles. The van der Waals surface area contributed by atoms with Gasteiger partial charge in [-0.25, -0.2) is 0 Å². The number of nitrogens with one attached hydrogen (secondary N) is 1. The zero-order chi connectivity index (χ0) is 11.4. The molecule has 1 amide bonds. The van der Waals surface area contributed by atoms with Crippen LogP contribution >= 0.6 is 0 Å². The lowest BCUT2D eigenvalue weighted by atomic mass is 9.98. The first kappa shape index (κ1) is 11.9. The minimum Gasteiger partial charge on any atom is -0.379 e. The van der Waals surface area contributed by atoms with Crippen molar-refractivity contribution in [2.75, 3.05) is 13.2 Å². The molecule has 1 atom stereocenters. The second-order valence-electron chi connectivity index (χ2n) is 5.12. The van der Waals surface area contributed by atoms with Gasteiger partial charge in [0.1, 0.15) is 5.54 Å². The highest BCUT2D eigenvalue weighted by Crippen LogP contribution is 2.20. The van der Waals surface area contributed by atoms with E-state index < -0.39 is 5.54 Å². The van der Waals surface area contributed by atoms with E-state index >= 15 is 0 Å². The first-order valence-electron chi connectivity index (χ1n) is 6.38. The lowest BCUT2D eigenvalue weighted by molar-refractivity contribution is -0.127. The lowest BCUT2D eigenvalue weighted by Gasteiger charge is -2.25. The molecule has 0 bridgehead atoms. The van der Waals surface area contributed by atoms with Crippen LogP contribution in [0.5, 0.6) is 0 Å². The van der Waals surface area contributed by atoms with Crippen LogP contribution in [0, 0.1) is 0 Å². The molecule has 1 saturated heterocycles. The molecule has 2 fully saturated rings. The average molecular weight is 226 g/mol. The summed E-state index contributed by atoms with van der Waals surface area (Å²) in [6.07, 6.45) is 7.88. The van der Waals surface area contributed by atoms with Crippen molar-refractivity contribution in [3.05, 3.63) is 0 Å². The monoisotopic (exact) mass is 226 g/mol. The Morgan fingerprint density at radius 1 is 1.25 bits per heavy atom. The van der Waals surface area contributed by atoms with Crippen molar-refractivity contribution in [3.63, 3.8) is 0 Å². The van der Waals surface area contributed by atoms with Crippen LogP contribution in [-0.2, 0) is 9.53 Å². The largest absolute Gasteiger partial charge is 0.379 e. The molecular formula is C12H22N2O2. The van der Waals surface area contributed by atoms with E-state index in [9.17, 15) is 4.79 Å². The highest BCUT2D eigenvalue weighted by Gasteiger charge is 2.38. The Balaban J connectivity index is 1.85. The summed E-state index contributed by atoms with van der Waals surface area (Å²) in [6, 6.07) is 0.330. The summed E-state index contributed by atoms with van der Waals surface area (Å²) < 4.78 is 5.21. The van der Waals surface area contributed by atoms with Gasteiger partial charge in [-0.2, -0.15) is 0 Å². The summed E-state index contributed by atoms with van der Waals surface area (Å²) in [6.45, 7) is 0.972. The molecule has 1 unspecified atom stereocenters. The molecule has 0 aromatic rings. The molecular weight excluding hydrogens is 204 g/mol. The Labute approximate surface area is 96.9 Å². The summed E-state index contributed by atoms with van der Waals surface area (Å²) >= 11 is 0. The van der Waals surface area contributed by atoms with Crippen LogP contribution in [0.1, 0.15) is 44.9 Å². The zero-order valence-corrected chi connectivity index (χ0v) is 9.84. The third kappa shape index (κ3) is 2.74. The van der Waals surface area contributed by atoms with Gasteiger partial charge in [0, 0.05) is 12.6 Å². The summed E-state index contributed by atoms with van der Waals surface area (Å²) in [5.41, 5.74) is 5.25. The topological polar surface area (TPSA) is 64.4 Å². The van der Waals surface area contributed by atoms with Crippen molar-refractivity contribution in [3.8, 4) is 0 Å². The van der Waals surface area contributed by atoms with Gasteiger partial charge in [-0.1, -0.05) is 25.7 Å². The molecule has 2 aliphatic rings. The van der Waals surface area contributed by atoms with Gasteiger partial charge >= 0.3 is 0 Å². The number of carbonyl (C=O) groups excluding carboxylic acids is 1. The molecule has 3 N–H and O–H groups in total. The fourth-order valence-corrected chi connectivity index (χ4v) is 2.51. The van der Waals surface area contributed by atoms with E-state index in [1.54, 1.807) is 0 Å². The number of rotatable bonds is 2. The first-order valence-corrected chi connectivity index (χ1v) is 6.38. The predicted molar refractivity (Wildman–Crippen MR) is 62.0 cm³/mol. The number of hydrogen-bond donors (Lipinski definition) is 2. The lowest BCUT2D eigenvalue weighted by Crippen LogP contribution is -2.56. The molecule has 92 valence electrons. The van der Waals surface area contributed by atoms with E-state index in [0.29, 0.717) is 25.7 Å². The third-order valence-corrected chi connectivity index (χ3v) is 3.69. The second kappa shape index (κ2) is 5.15. The van der Waals surface area contributed by atoms with Crippen LogP contribution in [0.2, 0.25) is 0 Å². The average Bonchev–Trinajstić information content (AvgIpc) is 2.56. The molecule has 0 radical (unpaired) electrons. The third-order valence-electron chi connectivity index (χ3n) is 3.69. The Kier molecular flexibility index (Phi) is 3.82. The van der Waals surface area contributed by atoms with Crippen LogP contribution in [-0.4, -0.2) is 30.7 Å². The number of nitrogens with two attached hydrogens (primary N) is 1. The fourth-order valence-electron chi connectivity index (χ4n) is 2.51. The first-order chi connectivity index (χ1) is 7.71. The van der Waals surface area contributed by atoms with Crippen molar-refractivity contribution < 1.29 is 9.53 Å². The standard InChI is InChI=1S/C12H22N2O2/c13-12(7-8-16-9-12)11(15)14-10-5-3-1-2-4-6-10/h10H,1-9,13H2,(H,14,15). The van der Waals surface area contributed by atoms with E-state index in [2.05, 4.69) is 5.32 Å². The summed E-state index contributed by atoms with van der Waals surface area (Å²) in [7, 11) is 0. The van der Waals surface area contributed by atoms with Gasteiger partial charge in [-0.15, -0.1) is 0 Å².